The highest BCUT2D eigenvalue weighted by Crippen LogP contribution is 2.26. The number of H-pyrrole nitrogens is 1. The maximum absolute atomic E-state index is 12.4. The van der Waals surface area contributed by atoms with Crippen molar-refractivity contribution in [2.24, 2.45) is 0 Å². The fourth-order valence-corrected chi connectivity index (χ4v) is 3.22. The number of rotatable bonds is 5. The van der Waals surface area contributed by atoms with Crippen molar-refractivity contribution in [2.45, 2.75) is 44.9 Å². The van der Waals surface area contributed by atoms with Crippen LogP contribution >= 0.6 is 0 Å². The molecule has 3 rings (SSSR count). The van der Waals surface area contributed by atoms with Crippen LogP contribution in [0.2, 0.25) is 0 Å². The van der Waals surface area contributed by atoms with Crippen molar-refractivity contribution < 1.29 is 4.79 Å². The summed E-state index contributed by atoms with van der Waals surface area (Å²) in [5.74, 6) is 0.631. The van der Waals surface area contributed by atoms with Crippen LogP contribution in [0, 0.1) is 6.92 Å². The number of carbonyl (C=O) groups is 1. The number of hydrogen-bond donors (Lipinski definition) is 1. The molecule has 1 fully saturated rings. The van der Waals surface area contributed by atoms with Gasteiger partial charge in [-0.25, -0.2) is 0 Å². The number of nitrogens with zero attached hydrogens (tertiary/aromatic N) is 3. The molecule has 2 aromatic rings. The molecule has 1 aliphatic heterocycles. The molecular weight excluding hydrogens is 288 g/mol. The van der Waals surface area contributed by atoms with Gasteiger partial charge in [0.15, 0.2) is 0 Å². The summed E-state index contributed by atoms with van der Waals surface area (Å²) < 4.78 is 0. The van der Waals surface area contributed by atoms with E-state index in [1.807, 2.05) is 30.0 Å². The highest BCUT2D eigenvalue weighted by Gasteiger charge is 2.25. The molecule has 1 amide bonds. The lowest BCUT2D eigenvalue weighted by Crippen LogP contribution is -2.39. The first-order valence-corrected chi connectivity index (χ1v) is 8.42. The Morgan fingerprint density at radius 3 is 3.09 bits per heavy atom. The van der Waals surface area contributed by atoms with Crippen LogP contribution in [0.25, 0.3) is 0 Å². The standard InChI is InChI=1S/C18H24N4O/c1-14-12-17(21-20-14)15-6-5-11-22(13-15)18(23)9-4-8-16-7-2-3-10-19-16/h2-3,7,10,12,15H,4-6,8-9,11,13H2,1H3,(H,20,21)/t15-/m1/s1. The third-order valence-electron chi connectivity index (χ3n) is 4.47. The molecule has 23 heavy (non-hydrogen) atoms. The van der Waals surface area contributed by atoms with Crippen LogP contribution in [0.1, 0.15) is 48.7 Å². The van der Waals surface area contributed by atoms with Crippen LogP contribution in [0.15, 0.2) is 30.5 Å². The zero-order valence-corrected chi connectivity index (χ0v) is 13.7. The van der Waals surface area contributed by atoms with E-state index < -0.39 is 0 Å². The summed E-state index contributed by atoms with van der Waals surface area (Å²) >= 11 is 0. The summed E-state index contributed by atoms with van der Waals surface area (Å²) in [6.07, 6.45) is 6.30. The Balaban J connectivity index is 1.49. The Kier molecular flexibility index (Phi) is 5.05. The van der Waals surface area contributed by atoms with Crippen molar-refractivity contribution in [3.05, 3.63) is 47.5 Å². The molecule has 1 saturated heterocycles. The number of aromatic amines is 1. The minimum atomic E-state index is 0.262. The van der Waals surface area contributed by atoms with Crippen molar-refractivity contribution in [3.63, 3.8) is 0 Å². The molecular formula is C18H24N4O. The van der Waals surface area contributed by atoms with Gasteiger partial charge >= 0.3 is 0 Å². The van der Waals surface area contributed by atoms with E-state index in [2.05, 4.69) is 21.2 Å². The number of hydrogen-bond acceptors (Lipinski definition) is 3. The van der Waals surface area contributed by atoms with Gasteiger partial charge in [0.05, 0.1) is 5.69 Å². The van der Waals surface area contributed by atoms with Crippen molar-refractivity contribution in [2.75, 3.05) is 13.1 Å². The van der Waals surface area contributed by atoms with Crippen LogP contribution in [0.5, 0.6) is 0 Å². The zero-order valence-electron chi connectivity index (χ0n) is 13.7. The number of carbonyl (C=O) groups excluding carboxylic acids is 1. The molecule has 0 bridgehead atoms. The molecule has 1 N–H and O–H groups in total. The van der Waals surface area contributed by atoms with Crippen LogP contribution < -0.4 is 0 Å². The maximum Gasteiger partial charge on any atom is 0.222 e. The lowest BCUT2D eigenvalue weighted by Gasteiger charge is -2.32. The minimum Gasteiger partial charge on any atom is -0.342 e. The Morgan fingerprint density at radius 1 is 1.43 bits per heavy atom. The molecule has 1 atom stereocenters. The number of likely N-dealkylation sites (tertiary alicyclic amines) is 1. The Labute approximate surface area is 137 Å². The second-order valence-corrected chi connectivity index (χ2v) is 6.33. The summed E-state index contributed by atoms with van der Waals surface area (Å²) in [6.45, 7) is 3.69. The molecule has 0 radical (unpaired) electrons. The minimum absolute atomic E-state index is 0.262. The van der Waals surface area contributed by atoms with Gasteiger partial charge in [0.1, 0.15) is 0 Å². The van der Waals surface area contributed by atoms with Gasteiger partial charge in [0.2, 0.25) is 5.91 Å². The molecule has 1 aliphatic rings. The molecule has 3 heterocycles. The molecule has 0 saturated carbocycles. The Bertz CT molecular complexity index is 637. The third-order valence-corrected chi connectivity index (χ3v) is 4.47. The third kappa shape index (κ3) is 4.18. The lowest BCUT2D eigenvalue weighted by molar-refractivity contribution is -0.132. The first kappa shape index (κ1) is 15.7. The number of nitrogens with one attached hydrogen (secondary N) is 1. The van der Waals surface area contributed by atoms with Crippen molar-refractivity contribution >= 4 is 5.91 Å². The molecule has 122 valence electrons. The normalized spacial score (nSPS) is 18.1. The van der Waals surface area contributed by atoms with E-state index in [1.165, 1.54) is 0 Å². The number of piperidine rings is 1. The van der Waals surface area contributed by atoms with Gasteiger partial charge in [0.25, 0.3) is 0 Å². The molecule has 0 aliphatic carbocycles. The van der Waals surface area contributed by atoms with Gasteiger partial charge in [-0.15, -0.1) is 0 Å². The largest absolute Gasteiger partial charge is 0.342 e. The van der Waals surface area contributed by atoms with E-state index in [9.17, 15) is 4.79 Å². The average molecular weight is 312 g/mol. The number of pyridine rings is 1. The highest BCUT2D eigenvalue weighted by molar-refractivity contribution is 5.76. The van der Waals surface area contributed by atoms with Gasteiger partial charge in [-0.2, -0.15) is 5.10 Å². The number of aromatic nitrogens is 3. The summed E-state index contributed by atoms with van der Waals surface area (Å²) in [4.78, 5) is 18.8. The lowest BCUT2D eigenvalue weighted by atomic mass is 9.94. The molecule has 2 aromatic heterocycles. The van der Waals surface area contributed by atoms with Crippen molar-refractivity contribution in [1.29, 1.82) is 0 Å². The van der Waals surface area contributed by atoms with E-state index in [1.54, 1.807) is 6.20 Å². The van der Waals surface area contributed by atoms with E-state index >= 15 is 0 Å². The molecule has 0 unspecified atom stereocenters. The summed E-state index contributed by atoms with van der Waals surface area (Å²) in [6, 6.07) is 8.02. The fraction of sp³-hybridized carbons (Fsp3) is 0.500. The summed E-state index contributed by atoms with van der Waals surface area (Å²) in [5.41, 5.74) is 3.23. The van der Waals surface area contributed by atoms with Crippen molar-refractivity contribution in [3.8, 4) is 0 Å². The van der Waals surface area contributed by atoms with E-state index in [0.29, 0.717) is 12.3 Å². The molecule has 5 nitrogen and oxygen atoms in total. The first-order chi connectivity index (χ1) is 11.2. The van der Waals surface area contributed by atoms with Crippen LogP contribution in [0.3, 0.4) is 0 Å². The molecule has 0 aromatic carbocycles. The Morgan fingerprint density at radius 2 is 2.35 bits per heavy atom. The van der Waals surface area contributed by atoms with E-state index in [4.69, 9.17) is 0 Å². The number of aryl methyl sites for hydroxylation is 2. The summed E-state index contributed by atoms with van der Waals surface area (Å²) in [7, 11) is 0. The molecule has 5 heteroatoms. The van der Waals surface area contributed by atoms with Gasteiger partial charge < -0.3 is 4.90 Å². The maximum atomic E-state index is 12.4. The van der Waals surface area contributed by atoms with Gasteiger partial charge in [0, 0.05) is 43.0 Å². The number of amides is 1. The monoisotopic (exact) mass is 312 g/mol. The van der Waals surface area contributed by atoms with Crippen LogP contribution in [0.4, 0.5) is 0 Å². The fourth-order valence-electron chi connectivity index (χ4n) is 3.22. The smallest absolute Gasteiger partial charge is 0.222 e. The molecule has 0 spiro atoms. The summed E-state index contributed by atoms with van der Waals surface area (Å²) in [5, 5.41) is 7.37. The van der Waals surface area contributed by atoms with Crippen molar-refractivity contribution in [1.82, 2.24) is 20.1 Å². The van der Waals surface area contributed by atoms with E-state index in [0.717, 1.165) is 55.9 Å². The first-order valence-electron chi connectivity index (χ1n) is 8.42. The highest BCUT2D eigenvalue weighted by atomic mass is 16.2. The Hall–Kier alpha value is -2.17. The predicted molar refractivity (Wildman–Crippen MR) is 89.1 cm³/mol. The van der Waals surface area contributed by atoms with E-state index in [-0.39, 0.29) is 5.91 Å². The zero-order chi connectivity index (χ0) is 16.1. The topological polar surface area (TPSA) is 61.9 Å². The van der Waals surface area contributed by atoms with Gasteiger partial charge in [-0.05, 0) is 50.8 Å². The van der Waals surface area contributed by atoms with Gasteiger partial charge in [-0.1, -0.05) is 6.07 Å². The second kappa shape index (κ2) is 7.40. The van der Waals surface area contributed by atoms with Crippen LogP contribution in [-0.2, 0) is 11.2 Å². The van der Waals surface area contributed by atoms with Gasteiger partial charge in [-0.3, -0.25) is 14.9 Å². The predicted octanol–water partition coefficient (Wildman–Crippen LogP) is 2.84. The second-order valence-electron chi connectivity index (χ2n) is 6.33. The SMILES string of the molecule is Cc1cc([C@@H]2CCCN(C(=O)CCCc3ccccn3)C2)n[nH]1. The average Bonchev–Trinajstić information content (AvgIpc) is 3.02. The quantitative estimate of drug-likeness (QED) is 0.923. The van der Waals surface area contributed by atoms with Crippen LogP contribution in [-0.4, -0.2) is 39.1 Å².